The first kappa shape index (κ1) is 27.7. The number of methoxy groups -OCH3 is 1. The lowest BCUT2D eigenvalue weighted by molar-refractivity contribution is -0.0435. The van der Waals surface area contributed by atoms with Gasteiger partial charge in [0.1, 0.15) is 26.0 Å². The lowest BCUT2D eigenvalue weighted by atomic mass is 9.97. The number of halogens is 4. The molecule has 36 heavy (non-hydrogen) atoms. The minimum Gasteiger partial charge on any atom is -0.496 e. The smallest absolute Gasteiger partial charge is 0.496 e. The van der Waals surface area contributed by atoms with E-state index in [0.717, 1.165) is 25.5 Å². The van der Waals surface area contributed by atoms with Crippen LogP contribution in [0.15, 0.2) is 35.2 Å². The first-order valence-corrected chi connectivity index (χ1v) is 14.0. The van der Waals surface area contributed by atoms with Gasteiger partial charge in [-0.25, -0.2) is 21.2 Å². The van der Waals surface area contributed by atoms with Crippen LogP contribution in [-0.4, -0.2) is 53.0 Å². The molecule has 1 N–H and O–H groups in total. The van der Waals surface area contributed by atoms with Crippen molar-refractivity contribution in [1.29, 1.82) is 0 Å². The summed E-state index contributed by atoms with van der Waals surface area (Å²) < 4.78 is 112. The number of carbonyl (C=O) groups is 1. The van der Waals surface area contributed by atoms with Gasteiger partial charge in [0, 0.05) is 6.26 Å². The first-order chi connectivity index (χ1) is 16.7. The Morgan fingerprint density at radius 3 is 2.22 bits per heavy atom. The Labute approximate surface area is 205 Å². The van der Waals surface area contributed by atoms with E-state index in [1.165, 1.54) is 12.1 Å². The predicted octanol–water partition coefficient (Wildman–Crippen LogP) is 3.91. The minimum atomic E-state index is -5.84. The molecule has 14 heteroatoms. The van der Waals surface area contributed by atoms with E-state index in [9.17, 15) is 34.8 Å². The topological polar surface area (TPSA) is 116 Å². The third kappa shape index (κ3) is 5.75. The summed E-state index contributed by atoms with van der Waals surface area (Å²) in [5.74, 6) is -3.09. The molecule has 1 aliphatic carbocycles. The summed E-state index contributed by atoms with van der Waals surface area (Å²) in [7, 11) is -7.93. The van der Waals surface area contributed by atoms with Gasteiger partial charge >= 0.3 is 5.51 Å². The second kappa shape index (κ2) is 10.2. The normalized spacial score (nSPS) is 18.9. The number of carbonyl (C=O) groups excluding carboxylic acids is 1. The van der Waals surface area contributed by atoms with Gasteiger partial charge in [-0.3, -0.25) is 4.79 Å². The Kier molecular flexibility index (Phi) is 7.89. The molecular formula is C22H22F4NO7S2. The van der Waals surface area contributed by atoms with Crippen molar-refractivity contribution in [3.8, 4) is 11.5 Å². The molecule has 8 nitrogen and oxygen atoms in total. The highest BCUT2D eigenvalue weighted by molar-refractivity contribution is 7.92. The molecule has 1 fully saturated rings. The Morgan fingerprint density at radius 1 is 1.06 bits per heavy atom. The molecule has 2 aromatic carbocycles. The van der Waals surface area contributed by atoms with Gasteiger partial charge in [0.2, 0.25) is 0 Å². The predicted molar refractivity (Wildman–Crippen MR) is 121 cm³/mol. The molecular weight excluding hydrogens is 530 g/mol. The Bertz CT molecular complexity index is 1350. The molecule has 1 radical (unpaired) electrons. The SMILES string of the molecule is COc1ccc(OC2CCC(S(C)(=O)=O)CC2)c(F)c1C(=O)Nc1cc[c]cc1S(=O)(=O)C(F)(F)F. The zero-order valence-electron chi connectivity index (χ0n) is 19.1. The maximum atomic E-state index is 15.4. The van der Waals surface area contributed by atoms with Crippen LogP contribution in [0.3, 0.4) is 0 Å². The second-order valence-electron chi connectivity index (χ2n) is 8.13. The number of hydrogen-bond donors (Lipinski definition) is 1. The zero-order chi connectivity index (χ0) is 26.9. The number of rotatable bonds is 7. The maximum absolute atomic E-state index is 15.4. The molecule has 0 atom stereocenters. The fourth-order valence-electron chi connectivity index (χ4n) is 3.82. The third-order valence-electron chi connectivity index (χ3n) is 5.70. The highest BCUT2D eigenvalue weighted by atomic mass is 32.2. The molecule has 0 heterocycles. The highest BCUT2D eigenvalue weighted by Gasteiger charge is 2.48. The van der Waals surface area contributed by atoms with E-state index in [2.05, 4.69) is 6.07 Å². The van der Waals surface area contributed by atoms with Gasteiger partial charge in [-0.1, -0.05) is 6.07 Å². The summed E-state index contributed by atoms with van der Waals surface area (Å²) in [6, 6.07) is 7.11. The average Bonchev–Trinajstić information content (AvgIpc) is 2.79. The van der Waals surface area contributed by atoms with Gasteiger partial charge in [0.25, 0.3) is 15.7 Å². The molecule has 0 unspecified atom stereocenters. The van der Waals surface area contributed by atoms with Crippen LogP contribution in [-0.2, 0) is 19.7 Å². The van der Waals surface area contributed by atoms with Crippen molar-refractivity contribution in [3.05, 3.63) is 47.8 Å². The molecule has 0 spiro atoms. The van der Waals surface area contributed by atoms with Gasteiger partial charge in [-0.2, -0.15) is 13.2 Å². The minimum absolute atomic E-state index is 0.277. The van der Waals surface area contributed by atoms with Crippen molar-refractivity contribution in [3.63, 3.8) is 0 Å². The van der Waals surface area contributed by atoms with Crippen molar-refractivity contribution in [1.82, 2.24) is 0 Å². The number of ether oxygens (including phenoxy) is 2. The summed E-state index contributed by atoms with van der Waals surface area (Å²) in [6.07, 6.45) is 1.89. The summed E-state index contributed by atoms with van der Waals surface area (Å²) in [6.45, 7) is 0. The molecule has 1 aliphatic rings. The summed E-state index contributed by atoms with van der Waals surface area (Å²) >= 11 is 0. The van der Waals surface area contributed by atoms with Crippen LogP contribution in [0, 0.1) is 11.9 Å². The summed E-state index contributed by atoms with van der Waals surface area (Å²) in [5, 5.41) is 1.47. The molecule has 3 rings (SSSR count). The van der Waals surface area contributed by atoms with E-state index in [1.807, 2.05) is 5.32 Å². The van der Waals surface area contributed by atoms with Crippen LogP contribution >= 0.6 is 0 Å². The Morgan fingerprint density at radius 2 is 1.67 bits per heavy atom. The number of amides is 1. The lowest BCUT2D eigenvalue weighted by Gasteiger charge is -2.28. The number of hydrogen-bond acceptors (Lipinski definition) is 7. The largest absolute Gasteiger partial charge is 0.501 e. The quantitative estimate of drug-likeness (QED) is 0.518. The Hall–Kier alpha value is -2.87. The van der Waals surface area contributed by atoms with E-state index in [4.69, 9.17) is 9.47 Å². The number of benzene rings is 2. The number of sulfone groups is 2. The van der Waals surface area contributed by atoms with Crippen LogP contribution in [0.25, 0.3) is 0 Å². The fraction of sp³-hybridized carbons (Fsp3) is 0.409. The van der Waals surface area contributed by atoms with Crippen molar-refractivity contribution in [2.24, 2.45) is 0 Å². The zero-order valence-corrected chi connectivity index (χ0v) is 20.7. The van der Waals surface area contributed by atoms with Gasteiger partial charge in [0.15, 0.2) is 11.6 Å². The van der Waals surface area contributed by atoms with Crippen LogP contribution in [0.5, 0.6) is 11.5 Å². The maximum Gasteiger partial charge on any atom is 0.501 e. The summed E-state index contributed by atoms with van der Waals surface area (Å²) in [4.78, 5) is 11.6. The van der Waals surface area contributed by atoms with Crippen LogP contribution < -0.4 is 14.8 Å². The molecule has 197 valence electrons. The van der Waals surface area contributed by atoms with Crippen LogP contribution in [0.1, 0.15) is 36.0 Å². The second-order valence-corrected chi connectivity index (χ2v) is 12.4. The monoisotopic (exact) mass is 552 g/mol. The molecule has 0 aromatic heterocycles. The van der Waals surface area contributed by atoms with Gasteiger partial charge < -0.3 is 14.8 Å². The third-order valence-corrected chi connectivity index (χ3v) is 8.91. The lowest BCUT2D eigenvalue weighted by Crippen LogP contribution is -2.31. The summed E-state index contributed by atoms with van der Waals surface area (Å²) in [5.41, 5.74) is -7.10. The van der Waals surface area contributed by atoms with E-state index in [-0.39, 0.29) is 11.5 Å². The fourth-order valence-corrected chi connectivity index (χ4v) is 5.83. The number of alkyl halides is 3. The van der Waals surface area contributed by atoms with E-state index in [0.29, 0.717) is 31.7 Å². The molecule has 1 amide bonds. The van der Waals surface area contributed by atoms with Crippen LogP contribution in [0.4, 0.5) is 23.2 Å². The van der Waals surface area contributed by atoms with E-state index >= 15 is 4.39 Å². The number of anilines is 1. The number of nitrogens with one attached hydrogen (secondary N) is 1. The standard InChI is InChI=1S/C22H22F4NO7S2/c1-33-16-11-12-17(34-13-7-9-14(10-8-13)35(2,29)30)20(23)19(16)21(28)27-15-5-3-4-6-18(15)36(31,32)22(24,25)26/h3,5-6,11-14H,7-10H2,1-2H3,(H,27,28). The molecule has 0 bridgehead atoms. The molecule has 1 saturated carbocycles. The van der Waals surface area contributed by atoms with Crippen molar-refractivity contribution >= 4 is 31.3 Å². The van der Waals surface area contributed by atoms with Crippen molar-refractivity contribution in [2.45, 2.75) is 47.4 Å². The molecule has 2 aromatic rings. The van der Waals surface area contributed by atoms with Gasteiger partial charge in [0.05, 0.1) is 24.2 Å². The molecule has 0 saturated heterocycles. The average molecular weight is 553 g/mol. The van der Waals surface area contributed by atoms with Crippen molar-refractivity contribution < 1.29 is 48.7 Å². The van der Waals surface area contributed by atoms with Gasteiger partial charge in [-0.05, 0) is 56.0 Å². The Balaban J connectivity index is 1.89. The molecule has 0 aliphatic heterocycles. The van der Waals surface area contributed by atoms with E-state index < -0.39 is 64.4 Å². The van der Waals surface area contributed by atoms with Crippen LogP contribution in [0.2, 0.25) is 0 Å². The highest BCUT2D eigenvalue weighted by Crippen LogP contribution is 2.36. The van der Waals surface area contributed by atoms with Crippen molar-refractivity contribution in [2.75, 3.05) is 18.7 Å². The first-order valence-electron chi connectivity index (χ1n) is 10.5. The van der Waals surface area contributed by atoms with E-state index in [1.54, 1.807) is 0 Å². The van der Waals surface area contributed by atoms with Gasteiger partial charge in [-0.15, -0.1) is 0 Å².